The lowest BCUT2D eigenvalue weighted by atomic mass is 9.74. The maximum absolute atomic E-state index is 9.55. The lowest BCUT2D eigenvalue weighted by Gasteiger charge is -2.34. The molecule has 5 atom stereocenters. The van der Waals surface area contributed by atoms with E-state index in [0.717, 1.165) is 24.2 Å². The molecule has 1 unspecified atom stereocenters. The largest absolute Gasteiger partial charge is 0.392 e. The van der Waals surface area contributed by atoms with Gasteiger partial charge in [-0.3, -0.25) is 0 Å². The van der Waals surface area contributed by atoms with Crippen molar-refractivity contribution in [1.29, 1.82) is 0 Å². The van der Waals surface area contributed by atoms with Crippen molar-refractivity contribution in [3.8, 4) is 0 Å². The molecule has 0 radical (unpaired) electrons. The molecule has 0 aromatic rings. The van der Waals surface area contributed by atoms with Gasteiger partial charge in [-0.15, -0.1) is 0 Å². The van der Waals surface area contributed by atoms with Crippen LogP contribution < -0.4 is 0 Å². The second kappa shape index (κ2) is 1.48. The van der Waals surface area contributed by atoms with Crippen molar-refractivity contribution in [2.75, 3.05) is 0 Å². The Labute approximate surface area is 60.7 Å². The summed E-state index contributed by atoms with van der Waals surface area (Å²) in [5.74, 6) is 3.12. The normalized spacial score (nSPS) is 62.3. The predicted molar refractivity (Wildman–Crippen MR) is 38.3 cm³/mol. The molecular formula is C9H12O. The predicted octanol–water partition coefficient (Wildman–Crippen LogP) is 1.19. The highest BCUT2D eigenvalue weighted by atomic mass is 16.3. The Morgan fingerprint density at radius 2 is 2.00 bits per heavy atom. The van der Waals surface area contributed by atoms with Crippen molar-refractivity contribution in [1.82, 2.24) is 0 Å². The fourth-order valence-electron chi connectivity index (χ4n) is 2.83. The molecule has 2 saturated carbocycles. The second-order valence-electron chi connectivity index (χ2n) is 3.99. The van der Waals surface area contributed by atoms with E-state index >= 15 is 0 Å². The Kier molecular flexibility index (Phi) is 0.791. The summed E-state index contributed by atoms with van der Waals surface area (Å²) in [7, 11) is 0. The number of allylic oxidation sites excluding steroid dienone is 1. The molecule has 2 fully saturated rings. The average molecular weight is 136 g/mol. The quantitative estimate of drug-likeness (QED) is 0.496. The van der Waals surface area contributed by atoms with E-state index in [2.05, 4.69) is 12.2 Å². The smallest absolute Gasteiger partial charge is 0.0611 e. The van der Waals surface area contributed by atoms with E-state index in [1.165, 1.54) is 6.42 Å². The second-order valence-corrected chi connectivity index (χ2v) is 3.99. The zero-order valence-corrected chi connectivity index (χ0v) is 5.90. The van der Waals surface area contributed by atoms with Crippen LogP contribution >= 0.6 is 0 Å². The number of rotatable bonds is 0. The Bertz CT molecular complexity index is 195. The number of aliphatic hydroxyl groups excluding tert-OH is 1. The molecule has 4 aliphatic rings. The van der Waals surface area contributed by atoms with Crippen LogP contribution in [0.4, 0.5) is 0 Å². The van der Waals surface area contributed by atoms with Crippen LogP contribution in [0.3, 0.4) is 0 Å². The molecule has 2 bridgehead atoms. The van der Waals surface area contributed by atoms with Crippen molar-refractivity contribution in [3.05, 3.63) is 12.2 Å². The first-order valence-corrected chi connectivity index (χ1v) is 4.22. The SMILES string of the molecule is OC1C[C@@H]2C=C[C@H]1[C@@H]1C[C@@H]12. The lowest BCUT2D eigenvalue weighted by Crippen LogP contribution is -2.33. The molecule has 0 aromatic carbocycles. The summed E-state index contributed by atoms with van der Waals surface area (Å²) in [5.41, 5.74) is 0. The van der Waals surface area contributed by atoms with E-state index in [4.69, 9.17) is 0 Å². The van der Waals surface area contributed by atoms with Gasteiger partial charge in [-0.1, -0.05) is 12.2 Å². The maximum atomic E-state index is 9.55. The van der Waals surface area contributed by atoms with Crippen LogP contribution in [0.15, 0.2) is 12.2 Å². The van der Waals surface area contributed by atoms with Gasteiger partial charge in [0.05, 0.1) is 6.10 Å². The van der Waals surface area contributed by atoms with Crippen LogP contribution in [0.2, 0.25) is 0 Å². The van der Waals surface area contributed by atoms with Crippen LogP contribution in [0, 0.1) is 23.7 Å². The highest BCUT2D eigenvalue weighted by Gasteiger charge is 2.54. The molecule has 1 N–H and O–H groups in total. The van der Waals surface area contributed by atoms with Gasteiger partial charge < -0.3 is 5.11 Å². The minimum absolute atomic E-state index is 0.00116. The third kappa shape index (κ3) is 0.485. The topological polar surface area (TPSA) is 20.2 Å². The summed E-state index contributed by atoms with van der Waals surface area (Å²) >= 11 is 0. The van der Waals surface area contributed by atoms with Gasteiger partial charge in [-0.2, -0.15) is 0 Å². The number of hydrogen-bond donors (Lipinski definition) is 1. The van der Waals surface area contributed by atoms with Crippen LogP contribution in [-0.4, -0.2) is 11.2 Å². The van der Waals surface area contributed by atoms with Crippen LogP contribution in [-0.2, 0) is 0 Å². The summed E-state index contributed by atoms with van der Waals surface area (Å²) in [5, 5.41) is 9.55. The first kappa shape index (κ1) is 5.36. The highest BCUT2D eigenvalue weighted by Crippen LogP contribution is 2.59. The number of hydrogen-bond acceptors (Lipinski definition) is 1. The highest BCUT2D eigenvalue weighted by molar-refractivity contribution is 5.18. The van der Waals surface area contributed by atoms with E-state index in [-0.39, 0.29) is 6.10 Å². The minimum atomic E-state index is -0.00116. The summed E-state index contributed by atoms with van der Waals surface area (Å²) < 4.78 is 0. The molecule has 54 valence electrons. The number of aliphatic hydroxyl groups is 1. The third-order valence-electron chi connectivity index (χ3n) is 3.47. The Hall–Kier alpha value is -0.300. The molecule has 0 amide bonds. The van der Waals surface area contributed by atoms with Gasteiger partial charge in [0.25, 0.3) is 0 Å². The molecule has 0 saturated heterocycles. The molecule has 1 heteroatoms. The van der Waals surface area contributed by atoms with Crippen molar-refractivity contribution >= 4 is 0 Å². The summed E-state index contributed by atoms with van der Waals surface area (Å²) in [6.45, 7) is 0. The van der Waals surface area contributed by atoms with Gasteiger partial charge in [0.2, 0.25) is 0 Å². The standard InChI is InChI=1S/C9H12O/c10-9-3-5-1-2-6(9)8-4-7(5)8/h1-2,5-10H,3-4H2/t5-,6-,7+,8-,9?/m0/s1. The molecule has 4 rings (SSSR count). The zero-order valence-electron chi connectivity index (χ0n) is 5.90. The van der Waals surface area contributed by atoms with Gasteiger partial charge in [0.1, 0.15) is 0 Å². The Balaban J connectivity index is 2.02. The van der Waals surface area contributed by atoms with Crippen LogP contribution in [0.25, 0.3) is 0 Å². The summed E-state index contributed by atoms with van der Waals surface area (Å²) in [6, 6.07) is 0. The molecule has 10 heavy (non-hydrogen) atoms. The molecule has 0 spiro atoms. The minimum Gasteiger partial charge on any atom is -0.392 e. The molecule has 4 aliphatic carbocycles. The van der Waals surface area contributed by atoms with E-state index in [0.29, 0.717) is 5.92 Å². The van der Waals surface area contributed by atoms with Crippen molar-refractivity contribution in [2.24, 2.45) is 23.7 Å². The van der Waals surface area contributed by atoms with Crippen molar-refractivity contribution < 1.29 is 5.11 Å². The van der Waals surface area contributed by atoms with Gasteiger partial charge in [0.15, 0.2) is 0 Å². The fraction of sp³-hybridized carbons (Fsp3) is 0.778. The molecule has 0 aliphatic heterocycles. The van der Waals surface area contributed by atoms with Gasteiger partial charge in [0, 0.05) is 5.92 Å². The molecule has 1 nitrogen and oxygen atoms in total. The molecule has 0 aromatic heterocycles. The summed E-state index contributed by atoms with van der Waals surface area (Å²) in [6.07, 6.45) is 7.00. The van der Waals surface area contributed by atoms with Crippen LogP contribution in [0.5, 0.6) is 0 Å². The van der Waals surface area contributed by atoms with Gasteiger partial charge >= 0.3 is 0 Å². The Morgan fingerprint density at radius 3 is 2.60 bits per heavy atom. The van der Waals surface area contributed by atoms with Crippen molar-refractivity contribution in [3.63, 3.8) is 0 Å². The van der Waals surface area contributed by atoms with E-state index in [1.54, 1.807) is 0 Å². The van der Waals surface area contributed by atoms with Gasteiger partial charge in [-0.05, 0) is 30.6 Å². The number of fused-ring (bicyclic) bond motifs is 1. The van der Waals surface area contributed by atoms with Gasteiger partial charge in [-0.25, -0.2) is 0 Å². The lowest BCUT2D eigenvalue weighted by molar-refractivity contribution is 0.0599. The van der Waals surface area contributed by atoms with E-state index in [9.17, 15) is 5.11 Å². The Morgan fingerprint density at radius 1 is 1.10 bits per heavy atom. The van der Waals surface area contributed by atoms with Crippen molar-refractivity contribution in [2.45, 2.75) is 18.9 Å². The van der Waals surface area contributed by atoms with E-state index < -0.39 is 0 Å². The first-order valence-electron chi connectivity index (χ1n) is 4.22. The fourth-order valence-corrected chi connectivity index (χ4v) is 2.83. The zero-order chi connectivity index (χ0) is 6.72. The first-order chi connectivity index (χ1) is 4.86. The molecular weight excluding hydrogens is 124 g/mol. The summed E-state index contributed by atoms with van der Waals surface area (Å²) in [4.78, 5) is 0. The maximum Gasteiger partial charge on any atom is 0.0611 e. The average Bonchev–Trinajstić information content (AvgIpc) is 2.66. The van der Waals surface area contributed by atoms with Crippen LogP contribution in [0.1, 0.15) is 12.8 Å². The third-order valence-corrected chi connectivity index (χ3v) is 3.47. The molecule has 0 heterocycles. The monoisotopic (exact) mass is 136 g/mol. The van der Waals surface area contributed by atoms with E-state index in [1.807, 2.05) is 0 Å².